The Hall–Kier alpha value is -0.200. The molecule has 0 bridgehead atoms. The molecule has 7 heteroatoms. The molecule has 2 fully saturated rings. The predicted molar refractivity (Wildman–Crippen MR) is 96.8 cm³/mol. The summed E-state index contributed by atoms with van der Waals surface area (Å²) in [5.41, 5.74) is 1.25. The van der Waals surface area contributed by atoms with E-state index in [4.69, 9.17) is 4.74 Å². The smallest absolute Gasteiger partial charge is 0.172 e. The van der Waals surface area contributed by atoms with Crippen LogP contribution in [0.15, 0.2) is 16.6 Å². The monoisotopic (exact) mass is 412 g/mol. The van der Waals surface area contributed by atoms with Crippen LogP contribution in [0.2, 0.25) is 0 Å². The predicted octanol–water partition coefficient (Wildman–Crippen LogP) is 3.36. The molecule has 1 aromatic carbocycles. The van der Waals surface area contributed by atoms with Gasteiger partial charge in [-0.15, -0.1) is 24.8 Å². The number of aromatic hydroxyl groups is 1. The van der Waals surface area contributed by atoms with Crippen LogP contribution >= 0.6 is 40.7 Å². The van der Waals surface area contributed by atoms with Crippen molar-refractivity contribution in [2.24, 2.45) is 5.92 Å². The van der Waals surface area contributed by atoms with E-state index in [-0.39, 0.29) is 30.6 Å². The minimum Gasteiger partial charge on any atom is -0.503 e. The zero-order chi connectivity index (χ0) is 14.1. The summed E-state index contributed by atoms with van der Waals surface area (Å²) in [5.74, 6) is 1.48. The molecule has 0 aromatic heterocycles. The Balaban J connectivity index is 0.00000121. The molecule has 0 amide bonds. The summed E-state index contributed by atoms with van der Waals surface area (Å²) in [6.07, 6.45) is 2.60. The molecule has 1 saturated carbocycles. The molecule has 1 atom stereocenters. The van der Waals surface area contributed by atoms with Gasteiger partial charge in [0.1, 0.15) is 0 Å². The van der Waals surface area contributed by atoms with E-state index >= 15 is 0 Å². The molecular weight excluding hydrogens is 391 g/mol. The van der Waals surface area contributed by atoms with Gasteiger partial charge in [0.15, 0.2) is 11.5 Å². The molecule has 22 heavy (non-hydrogen) atoms. The number of methoxy groups -OCH3 is 1. The number of benzene rings is 1. The van der Waals surface area contributed by atoms with Gasteiger partial charge in [-0.1, -0.05) is 0 Å². The van der Waals surface area contributed by atoms with Gasteiger partial charge in [0.05, 0.1) is 11.6 Å². The van der Waals surface area contributed by atoms with Crippen molar-refractivity contribution < 1.29 is 9.84 Å². The minimum absolute atomic E-state index is 0. The van der Waals surface area contributed by atoms with Crippen LogP contribution in [-0.4, -0.2) is 43.3 Å². The Labute approximate surface area is 152 Å². The second-order valence-corrected chi connectivity index (χ2v) is 6.48. The van der Waals surface area contributed by atoms with Crippen molar-refractivity contribution >= 4 is 40.7 Å². The zero-order valence-electron chi connectivity index (χ0n) is 12.5. The standard InChI is InChI=1S/C15H21BrN2O2.2ClH/c1-20-13-9-11(8-12(16)15(13)19)14(10-2-3-10)18-6-4-17-5-7-18;;/h8-10,14,17,19H,2-7H2,1H3;2*1H/t14-;;/m1../s1. The third-order valence-corrected chi connectivity index (χ3v) is 4.83. The second-order valence-electron chi connectivity index (χ2n) is 5.62. The largest absolute Gasteiger partial charge is 0.503 e. The molecule has 4 nitrogen and oxygen atoms in total. The highest BCUT2D eigenvalue weighted by atomic mass is 79.9. The number of phenols is 1. The first kappa shape index (κ1) is 19.8. The van der Waals surface area contributed by atoms with Gasteiger partial charge in [0.2, 0.25) is 0 Å². The summed E-state index contributed by atoms with van der Waals surface area (Å²) >= 11 is 3.44. The lowest BCUT2D eigenvalue weighted by Crippen LogP contribution is -2.45. The maximum atomic E-state index is 9.97. The van der Waals surface area contributed by atoms with Crippen molar-refractivity contribution in [3.63, 3.8) is 0 Å². The normalized spacial score (nSPS) is 19.7. The zero-order valence-corrected chi connectivity index (χ0v) is 15.8. The number of piperazine rings is 1. The highest BCUT2D eigenvalue weighted by Crippen LogP contribution is 2.47. The highest BCUT2D eigenvalue weighted by molar-refractivity contribution is 9.10. The van der Waals surface area contributed by atoms with E-state index < -0.39 is 0 Å². The molecule has 1 aromatic rings. The van der Waals surface area contributed by atoms with E-state index in [1.165, 1.54) is 18.4 Å². The first-order valence-electron chi connectivity index (χ1n) is 7.22. The third kappa shape index (κ3) is 4.20. The van der Waals surface area contributed by atoms with Crippen molar-refractivity contribution in [1.29, 1.82) is 0 Å². The Morgan fingerprint density at radius 2 is 1.91 bits per heavy atom. The lowest BCUT2D eigenvalue weighted by Gasteiger charge is -2.35. The van der Waals surface area contributed by atoms with Gasteiger partial charge in [0, 0.05) is 32.2 Å². The number of hydrogen-bond acceptors (Lipinski definition) is 4. The number of phenolic OH excluding ortho intramolecular Hbond substituents is 1. The van der Waals surface area contributed by atoms with Crippen molar-refractivity contribution in [3.05, 3.63) is 22.2 Å². The van der Waals surface area contributed by atoms with Crippen LogP contribution in [0.3, 0.4) is 0 Å². The Bertz CT molecular complexity index is 495. The molecular formula is C15H23BrCl2N2O2. The topological polar surface area (TPSA) is 44.7 Å². The quantitative estimate of drug-likeness (QED) is 0.794. The molecule has 0 unspecified atom stereocenters. The lowest BCUT2D eigenvalue weighted by atomic mass is 9.99. The number of ether oxygens (including phenoxy) is 1. The Morgan fingerprint density at radius 1 is 1.27 bits per heavy atom. The number of hydrogen-bond donors (Lipinski definition) is 2. The molecule has 0 spiro atoms. The van der Waals surface area contributed by atoms with Crippen molar-refractivity contribution in [2.75, 3.05) is 33.3 Å². The van der Waals surface area contributed by atoms with Gasteiger partial charge >= 0.3 is 0 Å². The van der Waals surface area contributed by atoms with Gasteiger partial charge < -0.3 is 15.2 Å². The van der Waals surface area contributed by atoms with Crippen LogP contribution in [0.25, 0.3) is 0 Å². The second kappa shape index (κ2) is 8.60. The van der Waals surface area contributed by atoms with E-state index in [1.54, 1.807) is 7.11 Å². The fraction of sp³-hybridized carbons (Fsp3) is 0.600. The van der Waals surface area contributed by atoms with Crippen LogP contribution in [0, 0.1) is 5.92 Å². The van der Waals surface area contributed by atoms with Gasteiger partial charge in [-0.3, -0.25) is 4.90 Å². The number of nitrogens with zero attached hydrogens (tertiary/aromatic N) is 1. The van der Waals surface area contributed by atoms with Crippen molar-refractivity contribution in [2.45, 2.75) is 18.9 Å². The molecule has 1 saturated heterocycles. The number of nitrogens with one attached hydrogen (secondary N) is 1. The van der Waals surface area contributed by atoms with E-state index in [0.717, 1.165) is 32.1 Å². The van der Waals surface area contributed by atoms with Gasteiger partial charge in [-0.2, -0.15) is 0 Å². The molecule has 1 aliphatic heterocycles. The summed E-state index contributed by atoms with van der Waals surface area (Å²) in [6.45, 7) is 4.28. The molecule has 0 radical (unpaired) electrons. The maximum Gasteiger partial charge on any atom is 0.172 e. The number of halogens is 3. The van der Waals surface area contributed by atoms with E-state index in [0.29, 0.717) is 16.3 Å². The Kier molecular flexibility index (Phi) is 7.75. The molecule has 1 heterocycles. The molecule has 1 aliphatic carbocycles. The molecule has 3 rings (SSSR count). The van der Waals surface area contributed by atoms with Crippen LogP contribution in [0.1, 0.15) is 24.4 Å². The van der Waals surface area contributed by atoms with Crippen LogP contribution < -0.4 is 10.1 Å². The average Bonchev–Trinajstić information content (AvgIpc) is 3.28. The summed E-state index contributed by atoms with van der Waals surface area (Å²) in [5, 5.41) is 13.4. The minimum atomic E-state index is 0. The summed E-state index contributed by atoms with van der Waals surface area (Å²) in [6, 6.07) is 4.48. The van der Waals surface area contributed by atoms with E-state index in [2.05, 4.69) is 26.1 Å². The Morgan fingerprint density at radius 3 is 2.45 bits per heavy atom. The summed E-state index contributed by atoms with van der Waals surface area (Å²) in [7, 11) is 1.60. The van der Waals surface area contributed by atoms with Crippen LogP contribution in [-0.2, 0) is 0 Å². The average molecular weight is 414 g/mol. The van der Waals surface area contributed by atoms with Crippen molar-refractivity contribution in [1.82, 2.24) is 10.2 Å². The molecule has 2 aliphatic rings. The van der Waals surface area contributed by atoms with E-state index in [9.17, 15) is 5.11 Å². The molecule has 126 valence electrons. The van der Waals surface area contributed by atoms with Crippen LogP contribution in [0.4, 0.5) is 0 Å². The summed E-state index contributed by atoms with van der Waals surface area (Å²) < 4.78 is 6.01. The highest BCUT2D eigenvalue weighted by Gasteiger charge is 2.37. The SMILES string of the molecule is COc1cc([C@@H](C2CC2)N2CCNCC2)cc(Br)c1O.Cl.Cl. The van der Waals surface area contributed by atoms with E-state index in [1.807, 2.05) is 12.1 Å². The fourth-order valence-corrected chi connectivity index (χ4v) is 3.53. The van der Waals surface area contributed by atoms with Gasteiger partial charge in [0.25, 0.3) is 0 Å². The maximum absolute atomic E-state index is 9.97. The van der Waals surface area contributed by atoms with Gasteiger partial charge in [-0.05, 0) is 52.4 Å². The first-order chi connectivity index (χ1) is 9.70. The van der Waals surface area contributed by atoms with Crippen LogP contribution in [0.5, 0.6) is 11.5 Å². The number of rotatable bonds is 4. The summed E-state index contributed by atoms with van der Waals surface area (Å²) in [4.78, 5) is 2.56. The fourth-order valence-electron chi connectivity index (χ4n) is 3.07. The first-order valence-corrected chi connectivity index (χ1v) is 8.01. The van der Waals surface area contributed by atoms with Crippen molar-refractivity contribution in [3.8, 4) is 11.5 Å². The lowest BCUT2D eigenvalue weighted by molar-refractivity contribution is 0.156. The third-order valence-electron chi connectivity index (χ3n) is 4.23. The molecule has 2 N–H and O–H groups in total. The van der Waals surface area contributed by atoms with Gasteiger partial charge in [-0.25, -0.2) is 0 Å².